The number of aromatic nitrogens is 2. The summed E-state index contributed by atoms with van der Waals surface area (Å²) in [5.74, 6) is 0.145. The number of allylic oxidation sites excluding steroid dienone is 1. The molecule has 0 fully saturated rings. The standard InChI is InChI=1S/C29H21N3O3/c1-18-6-12-25-26(14-18)32-28(31-25)22(16-30)15-24-23-5-3-2-4-20(23)11-13-27(24)35-17-19-7-9-21(10-8-19)29(33)34/h2-15H,17H2,1H3,(H,31,32)(H,33,34)/b22-15-. The molecule has 0 saturated carbocycles. The Morgan fingerprint density at radius 3 is 2.66 bits per heavy atom. The Labute approximate surface area is 201 Å². The van der Waals surface area contributed by atoms with Crippen LogP contribution in [-0.4, -0.2) is 21.0 Å². The Hall–Kier alpha value is -4.89. The zero-order chi connectivity index (χ0) is 24.4. The molecule has 0 radical (unpaired) electrons. The lowest BCUT2D eigenvalue weighted by molar-refractivity contribution is 0.0697. The maximum Gasteiger partial charge on any atom is 0.335 e. The van der Waals surface area contributed by atoms with E-state index >= 15 is 0 Å². The normalized spacial score (nSPS) is 11.5. The molecule has 0 aliphatic rings. The van der Waals surface area contributed by atoms with Crippen molar-refractivity contribution in [3.63, 3.8) is 0 Å². The van der Waals surface area contributed by atoms with Crippen LogP contribution < -0.4 is 4.74 Å². The van der Waals surface area contributed by atoms with Crippen molar-refractivity contribution < 1.29 is 14.6 Å². The van der Waals surface area contributed by atoms with Gasteiger partial charge in [0, 0.05) is 5.56 Å². The molecule has 0 bridgehead atoms. The molecule has 0 unspecified atom stereocenters. The summed E-state index contributed by atoms with van der Waals surface area (Å²) >= 11 is 0. The third kappa shape index (κ3) is 4.48. The number of benzene rings is 4. The summed E-state index contributed by atoms with van der Waals surface area (Å²) in [6.07, 6.45) is 1.80. The van der Waals surface area contributed by atoms with Gasteiger partial charge in [-0.1, -0.05) is 48.5 Å². The number of carbonyl (C=O) groups is 1. The number of H-pyrrole nitrogens is 1. The van der Waals surface area contributed by atoms with Gasteiger partial charge in [0.2, 0.25) is 0 Å². The Balaban J connectivity index is 1.55. The second kappa shape index (κ2) is 9.16. The highest BCUT2D eigenvalue weighted by atomic mass is 16.5. The molecule has 170 valence electrons. The lowest BCUT2D eigenvalue weighted by Crippen LogP contribution is -2.00. The first-order chi connectivity index (χ1) is 17.0. The summed E-state index contributed by atoms with van der Waals surface area (Å²) in [4.78, 5) is 19.0. The molecular formula is C29H21N3O3. The predicted octanol–water partition coefficient (Wildman–Crippen LogP) is 6.37. The molecule has 5 rings (SSSR count). The topological polar surface area (TPSA) is 99.0 Å². The summed E-state index contributed by atoms with van der Waals surface area (Å²) in [7, 11) is 0. The summed E-state index contributed by atoms with van der Waals surface area (Å²) < 4.78 is 6.16. The number of carboxylic acids is 1. The summed E-state index contributed by atoms with van der Waals surface area (Å²) in [5.41, 5.74) is 5.01. The minimum absolute atomic E-state index is 0.225. The van der Waals surface area contributed by atoms with Gasteiger partial charge in [-0.3, -0.25) is 0 Å². The maximum absolute atomic E-state index is 11.1. The first-order valence-corrected chi connectivity index (χ1v) is 11.1. The maximum atomic E-state index is 11.1. The predicted molar refractivity (Wildman–Crippen MR) is 136 cm³/mol. The molecule has 1 heterocycles. The van der Waals surface area contributed by atoms with Gasteiger partial charge >= 0.3 is 5.97 Å². The van der Waals surface area contributed by atoms with E-state index in [2.05, 4.69) is 16.0 Å². The summed E-state index contributed by atoms with van der Waals surface area (Å²) in [6.45, 7) is 2.26. The van der Waals surface area contributed by atoms with Crippen LogP contribution in [0.1, 0.15) is 32.9 Å². The van der Waals surface area contributed by atoms with Crippen LogP contribution in [0, 0.1) is 18.3 Å². The van der Waals surface area contributed by atoms with E-state index in [4.69, 9.17) is 9.84 Å². The average molecular weight is 460 g/mol. The quantitative estimate of drug-likeness (QED) is 0.288. The van der Waals surface area contributed by atoms with Crippen molar-refractivity contribution in [2.75, 3.05) is 0 Å². The fraction of sp³-hybridized carbons (Fsp3) is 0.0690. The Morgan fingerprint density at radius 2 is 1.89 bits per heavy atom. The molecule has 0 aliphatic heterocycles. The second-order valence-corrected chi connectivity index (χ2v) is 8.27. The van der Waals surface area contributed by atoms with E-state index in [9.17, 15) is 10.1 Å². The lowest BCUT2D eigenvalue weighted by atomic mass is 10.0. The van der Waals surface area contributed by atoms with E-state index < -0.39 is 5.97 Å². The van der Waals surface area contributed by atoms with Gasteiger partial charge in [0.25, 0.3) is 0 Å². The molecule has 5 aromatic rings. The van der Waals surface area contributed by atoms with Crippen LogP contribution in [0.25, 0.3) is 33.5 Å². The first-order valence-electron chi connectivity index (χ1n) is 11.1. The van der Waals surface area contributed by atoms with Crippen molar-refractivity contribution in [1.82, 2.24) is 9.97 Å². The van der Waals surface area contributed by atoms with Crippen molar-refractivity contribution in [2.24, 2.45) is 0 Å². The molecule has 35 heavy (non-hydrogen) atoms. The van der Waals surface area contributed by atoms with Crippen LogP contribution in [0.5, 0.6) is 5.75 Å². The van der Waals surface area contributed by atoms with Gasteiger partial charge in [-0.05, 0) is 65.2 Å². The van der Waals surface area contributed by atoms with Crippen molar-refractivity contribution in [1.29, 1.82) is 5.26 Å². The molecule has 0 atom stereocenters. The molecule has 6 heteroatoms. The van der Waals surface area contributed by atoms with Gasteiger partial charge in [0.15, 0.2) is 0 Å². The van der Waals surface area contributed by atoms with Crippen LogP contribution in [0.4, 0.5) is 0 Å². The molecule has 4 aromatic carbocycles. The number of aromatic amines is 1. The van der Waals surface area contributed by atoms with Gasteiger partial charge in [-0.25, -0.2) is 9.78 Å². The number of nitriles is 1. The van der Waals surface area contributed by atoms with E-state index in [1.807, 2.05) is 61.5 Å². The van der Waals surface area contributed by atoms with Crippen molar-refractivity contribution in [3.05, 3.63) is 107 Å². The van der Waals surface area contributed by atoms with E-state index in [0.717, 1.165) is 38.5 Å². The van der Waals surface area contributed by atoms with Crippen LogP contribution >= 0.6 is 0 Å². The lowest BCUT2D eigenvalue weighted by Gasteiger charge is -2.13. The number of nitrogens with one attached hydrogen (secondary N) is 1. The number of aryl methyl sites for hydroxylation is 1. The van der Waals surface area contributed by atoms with Crippen LogP contribution in [0.3, 0.4) is 0 Å². The number of fused-ring (bicyclic) bond motifs is 2. The number of hydrogen-bond donors (Lipinski definition) is 2. The molecule has 0 aliphatic carbocycles. The molecular weight excluding hydrogens is 438 g/mol. The van der Waals surface area contributed by atoms with Crippen LogP contribution in [0.2, 0.25) is 0 Å². The highest BCUT2D eigenvalue weighted by Crippen LogP contribution is 2.32. The number of carboxylic acid groups (broad SMARTS) is 1. The molecule has 6 nitrogen and oxygen atoms in total. The number of ether oxygens (including phenoxy) is 1. The summed E-state index contributed by atoms with van der Waals surface area (Å²) in [5, 5.41) is 21.1. The van der Waals surface area contributed by atoms with Gasteiger partial charge in [-0.15, -0.1) is 0 Å². The summed E-state index contributed by atoms with van der Waals surface area (Å²) in [6, 6.07) is 26.6. The van der Waals surface area contributed by atoms with Crippen molar-refractivity contribution >= 4 is 39.4 Å². The number of aromatic carboxylic acids is 1. The number of imidazole rings is 1. The number of nitrogens with zero attached hydrogens (tertiary/aromatic N) is 2. The minimum Gasteiger partial charge on any atom is -0.488 e. The molecule has 1 aromatic heterocycles. The van der Waals surface area contributed by atoms with E-state index in [1.54, 1.807) is 30.3 Å². The van der Waals surface area contributed by atoms with Crippen LogP contribution in [0.15, 0.2) is 78.9 Å². The Bertz CT molecular complexity index is 1640. The monoisotopic (exact) mass is 459 g/mol. The third-order valence-corrected chi connectivity index (χ3v) is 5.83. The van der Waals surface area contributed by atoms with E-state index in [1.165, 1.54) is 0 Å². The zero-order valence-electron chi connectivity index (χ0n) is 18.9. The van der Waals surface area contributed by atoms with Crippen molar-refractivity contribution in [2.45, 2.75) is 13.5 Å². The highest BCUT2D eigenvalue weighted by Gasteiger charge is 2.13. The smallest absolute Gasteiger partial charge is 0.335 e. The Morgan fingerprint density at radius 1 is 1.09 bits per heavy atom. The van der Waals surface area contributed by atoms with Crippen LogP contribution in [-0.2, 0) is 6.61 Å². The Kier molecular flexibility index (Phi) is 5.74. The molecule has 2 N–H and O–H groups in total. The number of rotatable bonds is 6. The fourth-order valence-electron chi connectivity index (χ4n) is 4.00. The van der Waals surface area contributed by atoms with Gasteiger partial charge in [-0.2, -0.15) is 5.26 Å². The molecule has 0 saturated heterocycles. The van der Waals surface area contributed by atoms with E-state index in [0.29, 0.717) is 17.1 Å². The molecule has 0 amide bonds. The second-order valence-electron chi connectivity index (χ2n) is 8.27. The number of hydrogen-bond acceptors (Lipinski definition) is 4. The average Bonchev–Trinajstić information content (AvgIpc) is 3.29. The fourth-order valence-corrected chi connectivity index (χ4v) is 4.00. The van der Waals surface area contributed by atoms with Gasteiger partial charge < -0.3 is 14.8 Å². The van der Waals surface area contributed by atoms with E-state index in [-0.39, 0.29) is 12.2 Å². The minimum atomic E-state index is -0.968. The van der Waals surface area contributed by atoms with Crippen molar-refractivity contribution in [3.8, 4) is 11.8 Å². The highest BCUT2D eigenvalue weighted by molar-refractivity contribution is 6.00. The first kappa shape index (κ1) is 21.9. The molecule has 0 spiro atoms. The SMILES string of the molecule is Cc1ccc2nc(/C(C#N)=C\c3c(OCc4ccc(C(=O)O)cc4)ccc4ccccc34)[nH]c2c1. The third-order valence-electron chi connectivity index (χ3n) is 5.83. The zero-order valence-corrected chi connectivity index (χ0v) is 18.9. The van der Waals surface area contributed by atoms with Gasteiger partial charge in [0.1, 0.15) is 24.3 Å². The largest absolute Gasteiger partial charge is 0.488 e. The van der Waals surface area contributed by atoms with Gasteiger partial charge in [0.05, 0.1) is 22.2 Å².